The van der Waals surface area contributed by atoms with Gasteiger partial charge in [-0.05, 0) is 89.9 Å². The Hall–Kier alpha value is -3.15. The highest BCUT2D eigenvalue weighted by molar-refractivity contribution is 5.71. The van der Waals surface area contributed by atoms with Crippen molar-refractivity contribution in [3.63, 3.8) is 0 Å². The quantitative estimate of drug-likeness (QED) is 0.0261. The largest absolute Gasteiger partial charge is 0.462 e. The second-order valence-corrected chi connectivity index (χ2v) is 24.1. The molecule has 0 aliphatic heterocycles. The minimum absolute atomic E-state index is 0.0885. The van der Waals surface area contributed by atoms with Crippen molar-refractivity contribution < 1.29 is 28.6 Å². The molecule has 0 spiro atoms. The summed E-state index contributed by atoms with van der Waals surface area (Å²) < 4.78 is 16.9. The number of unbranched alkanes of at least 4 members (excludes halogenated alkanes) is 43. The van der Waals surface area contributed by atoms with Gasteiger partial charge in [-0.2, -0.15) is 0 Å². The maximum Gasteiger partial charge on any atom is 0.306 e. The monoisotopic (exact) mass is 1150 g/mol. The Labute approximate surface area is 510 Å². The van der Waals surface area contributed by atoms with Gasteiger partial charge in [-0.15, -0.1) is 0 Å². The number of rotatable bonds is 66. The average Bonchev–Trinajstić information content (AvgIpc) is 3.47. The van der Waals surface area contributed by atoms with E-state index in [0.717, 1.165) is 103 Å². The lowest BCUT2D eigenvalue weighted by Crippen LogP contribution is -2.30. The number of carbonyl (C=O) groups is 3. The highest BCUT2D eigenvalue weighted by atomic mass is 16.6. The standard InChI is InChI=1S/C76H136O6/c1-4-7-10-13-16-19-22-25-28-30-32-33-34-35-36-37-38-39-40-41-42-43-45-46-48-51-54-57-60-63-66-69-75(78)81-72-73(71-80-74(77)68-65-62-59-56-53-50-27-24-21-18-15-12-9-6-3)82-76(79)70-67-64-61-58-55-52-49-47-44-31-29-26-23-20-17-14-11-8-5-2/h8,11,17,20,24,26-27,29,44,47,52,55,73H,4-7,9-10,12-16,18-19,21-23,25,28,30-43,45-46,48-51,53-54,56-72H2,1-3H3/b11-8-,20-17-,27-24-,29-26-,47-44-,55-52-. The molecule has 0 saturated carbocycles. The summed E-state index contributed by atoms with van der Waals surface area (Å²) in [6, 6.07) is 0. The van der Waals surface area contributed by atoms with E-state index in [-0.39, 0.29) is 31.1 Å². The van der Waals surface area contributed by atoms with Crippen LogP contribution in [0.4, 0.5) is 0 Å². The van der Waals surface area contributed by atoms with Crippen molar-refractivity contribution >= 4 is 17.9 Å². The molecule has 82 heavy (non-hydrogen) atoms. The first-order valence-electron chi connectivity index (χ1n) is 35.9. The smallest absolute Gasteiger partial charge is 0.306 e. The van der Waals surface area contributed by atoms with Crippen LogP contribution in [0.5, 0.6) is 0 Å². The summed E-state index contributed by atoms with van der Waals surface area (Å²) in [7, 11) is 0. The summed E-state index contributed by atoms with van der Waals surface area (Å²) in [6.45, 7) is 6.54. The van der Waals surface area contributed by atoms with E-state index in [9.17, 15) is 14.4 Å². The van der Waals surface area contributed by atoms with Crippen LogP contribution in [0.25, 0.3) is 0 Å². The number of ether oxygens (including phenoxy) is 3. The van der Waals surface area contributed by atoms with Crippen LogP contribution in [-0.2, 0) is 28.6 Å². The van der Waals surface area contributed by atoms with E-state index < -0.39 is 6.10 Å². The molecule has 6 nitrogen and oxygen atoms in total. The van der Waals surface area contributed by atoms with Gasteiger partial charge in [0.2, 0.25) is 0 Å². The zero-order valence-electron chi connectivity index (χ0n) is 54.8. The van der Waals surface area contributed by atoms with Crippen molar-refractivity contribution in [3.05, 3.63) is 72.9 Å². The van der Waals surface area contributed by atoms with Crippen LogP contribution in [0.2, 0.25) is 0 Å². The maximum atomic E-state index is 12.9. The normalized spacial score (nSPS) is 12.5. The van der Waals surface area contributed by atoms with Gasteiger partial charge in [-0.1, -0.05) is 338 Å². The molecule has 0 heterocycles. The van der Waals surface area contributed by atoms with E-state index in [4.69, 9.17) is 14.2 Å². The number of hydrogen-bond acceptors (Lipinski definition) is 6. The summed E-state index contributed by atoms with van der Waals surface area (Å²) in [5.41, 5.74) is 0. The highest BCUT2D eigenvalue weighted by Gasteiger charge is 2.19. The first-order valence-corrected chi connectivity index (χ1v) is 35.9. The third kappa shape index (κ3) is 67.6. The molecule has 0 rings (SSSR count). The fraction of sp³-hybridized carbons (Fsp3) is 0.803. The summed E-state index contributed by atoms with van der Waals surface area (Å²) in [5, 5.41) is 0. The lowest BCUT2D eigenvalue weighted by Gasteiger charge is -2.18. The summed E-state index contributed by atoms with van der Waals surface area (Å²) >= 11 is 0. The SMILES string of the molecule is CC/C=C\C/C=C\C/C=C\C/C=C\C/C=C\CCCCCC(=O)OC(COC(=O)CCCCCCC/C=C\CCCCCCC)COC(=O)CCCCCCCCCCCCCCCCCCCCCCCCCCCCCCCCC. The number of allylic oxidation sites excluding steroid dienone is 12. The first-order chi connectivity index (χ1) is 40.5. The first kappa shape index (κ1) is 78.8. The molecule has 0 aromatic heterocycles. The topological polar surface area (TPSA) is 78.9 Å². The third-order valence-corrected chi connectivity index (χ3v) is 15.9. The summed E-state index contributed by atoms with van der Waals surface area (Å²) in [4.78, 5) is 38.4. The predicted molar refractivity (Wildman–Crippen MR) is 358 cm³/mol. The molecule has 6 heteroatoms. The van der Waals surface area contributed by atoms with Crippen LogP contribution >= 0.6 is 0 Å². The molecule has 0 amide bonds. The van der Waals surface area contributed by atoms with Gasteiger partial charge in [-0.3, -0.25) is 14.4 Å². The fourth-order valence-electron chi connectivity index (χ4n) is 10.6. The molecule has 0 radical (unpaired) electrons. The van der Waals surface area contributed by atoms with Gasteiger partial charge >= 0.3 is 17.9 Å². The van der Waals surface area contributed by atoms with Crippen LogP contribution in [-0.4, -0.2) is 37.2 Å². The lowest BCUT2D eigenvalue weighted by atomic mass is 10.0. The number of hydrogen-bond donors (Lipinski definition) is 0. The van der Waals surface area contributed by atoms with Gasteiger partial charge in [0.15, 0.2) is 6.10 Å². The third-order valence-electron chi connectivity index (χ3n) is 15.9. The Kier molecular flexibility index (Phi) is 67.6. The highest BCUT2D eigenvalue weighted by Crippen LogP contribution is 2.18. The lowest BCUT2D eigenvalue weighted by molar-refractivity contribution is -0.167. The maximum absolute atomic E-state index is 12.9. The van der Waals surface area contributed by atoms with E-state index >= 15 is 0 Å². The molecule has 476 valence electrons. The van der Waals surface area contributed by atoms with Crippen molar-refractivity contribution in [1.29, 1.82) is 0 Å². The Morgan fingerprint density at radius 2 is 0.476 bits per heavy atom. The van der Waals surface area contributed by atoms with Crippen molar-refractivity contribution in [1.82, 2.24) is 0 Å². The zero-order valence-corrected chi connectivity index (χ0v) is 54.8. The molecule has 1 atom stereocenters. The Morgan fingerprint density at radius 3 is 0.768 bits per heavy atom. The second-order valence-electron chi connectivity index (χ2n) is 24.1. The van der Waals surface area contributed by atoms with Gasteiger partial charge in [0.1, 0.15) is 13.2 Å². The van der Waals surface area contributed by atoms with Crippen LogP contribution in [0.15, 0.2) is 72.9 Å². The Morgan fingerprint density at radius 1 is 0.256 bits per heavy atom. The Balaban J connectivity index is 4.22. The minimum Gasteiger partial charge on any atom is -0.462 e. The molecule has 0 N–H and O–H groups in total. The Bertz CT molecular complexity index is 1500. The molecule has 0 aliphatic rings. The molecule has 0 aromatic carbocycles. The molecule has 0 bridgehead atoms. The molecule has 1 unspecified atom stereocenters. The van der Waals surface area contributed by atoms with E-state index in [2.05, 4.69) is 93.7 Å². The number of carbonyl (C=O) groups excluding carboxylic acids is 3. The molecular formula is C76H136O6. The van der Waals surface area contributed by atoms with E-state index in [0.29, 0.717) is 19.3 Å². The van der Waals surface area contributed by atoms with Gasteiger partial charge in [0.05, 0.1) is 0 Å². The summed E-state index contributed by atoms with van der Waals surface area (Å²) in [5.74, 6) is -0.911. The van der Waals surface area contributed by atoms with E-state index in [1.165, 1.54) is 231 Å². The van der Waals surface area contributed by atoms with E-state index in [1.54, 1.807) is 0 Å². The molecule has 0 fully saturated rings. The predicted octanol–water partition coefficient (Wildman–Crippen LogP) is 24.8. The van der Waals surface area contributed by atoms with Crippen molar-refractivity contribution in [3.8, 4) is 0 Å². The van der Waals surface area contributed by atoms with Gasteiger partial charge in [0.25, 0.3) is 0 Å². The van der Waals surface area contributed by atoms with Crippen LogP contribution in [0.1, 0.15) is 374 Å². The van der Waals surface area contributed by atoms with Crippen molar-refractivity contribution in [2.24, 2.45) is 0 Å². The van der Waals surface area contributed by atoms with Gasteiger partial charge in [0, 0.05) is 19.3 Å². The van der Waals surface area contributed by atoms with Crippen LogP contribution < -0.4 is 0 Å². The molecule has 0 saturated heterocycles. The van der Waals surface area contributed by atoms with Gasteiger partial charge < -0.3 is 14.2 Å². The van der Waals surface area contributed by atoms with Crippen molar-refractivity contribution in [2.75, 3.05) is 13.2 Å². The summed E-state index contributed by atoms with van der Waals surface area (Å²) in [6.07, 6.45) is 92.4. The second kappa shape index (κ2) is 70.3. The molecule has 0 aliphatic carbocycles. The fourth-order valence-corrected chi connectivity index (χ4v) is 10.6. The average molecular weight is 1150 g/mol. The molecular weight excluding hydrogens is 1010 g/mol. The van der Waals surface area contributed by atoms with E-state index in [1.807, 2.05) is 0 Å². The van der Waals surface area contributed by atoms with Gasteiger partial charge in [-0.25, -0.2) is 0 Å². The molecule has 0 aromatic rings. The van der Waals surface area contributed by atoms with Crippen LogP contribution in [0.3, 0.4) is 0 Å². The van der Waals surface area contributed by atoms with Crippen LogP contribution in [0, 0.1) is 0 Å². The zero-order chi connectivity index (χ0) is 59.2. The number of esters is 3. The van der Waals surface area contributed by atoms with Crippen molar-refractivity contribution in [2.45, 2.75) is 380 Å². The minimum atomic E-state index is -0.797.